The summed E-state index contributed by atoms with van der Waals surface area (Å²) >= 11 is 0. The van der Waals surface area contributed by atoms with Crippen LogP contribution in [-0.2, 0) is 27.1 Å². The number of benzene rings is 2. The lowest BCUT2D eigenvalue weighted by Gasteiger charge is -2.38. The first-order chi connectivity index (χ1) is 15.5. The van der Waals surface area contributed by atoms with Crippen molar-refractivity contribution in [1.82, 2.24) is 0 Å². The van der Waals surface area contributed by atoms with Crippen molar-refractivity contribution >= 4 is 0 Å². The molecule has 0 aliphatic rings. The highest BCUT2D eigenvalue weighted by molar-refractivity contribution is 5.53. The molecule has 0 amide bonds. The van der Waals surface area contributed by atoms with E-state index in [0.717, 1.165) is 6.42 Å². The molecule has 0 nitrogen and oxygen atoms in total. The fourth-order valence-electron chi connectivity index (χ4n) is 5.49. The minimum absolute atomic E-state index is 0.0804. The van der Waals surface area contributed by atoms with Crippen LogP contribution in [0.2, 0.25) is 0 Å². The fraction of sp³-hybridized carbons (Fsp3) is 0.657. The molecule has 35 heavy (non-hydrogen) atoms. The molecule has 0 bridgehead atoms. The topological polar surface area (TPSA) is 0 Å². The maximum atomic E-state index is 2.57. The Morgan fingerprint density at radius 3 is 1.26 bits per heavy atom. The van der Waals surface area contributed by atoms with Gasteiger partial charge in [-0.1, -0.05) is 141 Å². The first kappa shape index (κ1) is 29.7. The van der Waals surface area contributed by atoms with Gasteiger partial charge in [-0.2, -0.15) is 0 Å². The average molecular weight is 477 g/mol. The summed E-state index contributed by atoms with van der Waals surface area (Å²) in [4.78, 5) is 0. The van der Waals surface area contributed by atoms with Gasteiger partial charge in [-0.25, -0.2) is 0 Å². The summed E-state index contributed by atoms with van der Waals surface area (Å²) in [7, 11) is 0. The van der Waals surface area contributed by atoms with E-state index in [2.05, 4.69) is 141 Å². The Morgan fingerprint density at radius 2 is 0.943 bits per heavy atom. The van der Waals surface area contributed by atoms with E-state index in [0.29, 0.717) is 5.92 Å². The quantitative estimate of drug-likeness (QED) is 0.413. The SMILES string of the molecule is CCC(c1cc(C(C)(C)C)c(C(C)(C)C)c(C(C)(C)C)c1)c1cc(C(C)(C)C)ccc1C(C)(C)C. The van der Waals surface area contributed by atoms with Crippen LogP contribution in [0, 0.1) is 0 Å². The molecule has 0 heterocycles. The number of hydrogen-bond acceptors (Lipinski definition) is 0. The molecule has 0 spiro atoms. The Morgan fingerprint density at radius 1 is 0.514 bits per heavy atom. The molecule has 0 aliphatic carbocycles. The largest absolute Gasteiger partial charge is 0.0645 e. The summed E-state index contributed by atoms with van der Waals surface area (Å²) in [6, 6.07) is 12.4. The molecular formula is C35H56. The summed E-state index contributed by atoms with van der Waals surface area (Å²) < 4.78 is 0. The van der Waals surface area contributed by atoms with Crippen molar-refractivity contribution in [3.63, 3.8) is 0 Å². The van der Waals surface area contributed by atoms with Crippen LogP contribution in [0.1, 0.15) is 162 Å². The van der Waals surface area contributed by atoms with Crippen LogP contribution < -0.4 is 0 Å². The van der Waals surface area contributed by atoms with Crippen LogP contribution in [0.3, 0.4) is 0 Å². The van der Waals surface area contributed by atoms with E-state index in [1.807, 2.05) is 0 Å². The smallest absolute Gasteiger partial charge is 0.00899 e. The van der Waals surface area contributed by atoms with E-state index in [1.165, 1.54) is 38.9 Å². The molecule has 1 atom stereocenters. The number of rotatable bonds is 3. The monoisotopic (exact) mass is 476 g/mol. The van der Waals surface area contributed by atoms with Gasteiger partial charge in [0.05, 0.1) is 0 Å². The summed E-state index contributed by atoms with van der Waals surface area (Å²) in [6.07, 6.45) is 1.10. The molecule has 0 fully saturated rings. The Kier molecular flexibility index (Phi) is 7.96. The lowest BCUT2D eigenvalue weighted by atomic mass is 9.66. The lowest BCUT2D eigenvalue weighted by molar-refractivity contribution is 0.495. The number of hydrogen-bond donors (Lipinski definition) is 0. The van der Waals surface area contributed by atoms with Crippen LogP contribution in [0.15, 0.2) is 30.3 Å². The third-order valence-electron chi connectivity index (χ3n) is 7.44. The second kappa shape index (κ2) is 9.39. The molecule has 0 radical (unpaired) electrons. The molecule has 0 N–H and O–H groups in total. The van der Waals surface area contributed by atoms with Gasteiger partial charge in [0.15, 0.2) is 0 Å². The highest BCUT2D eigenvalue weighted by Gasteiger charge is 2.34. The summed E-state index contributed by atoms with van der Waals surface area (Å²) in [5.41, 5.74) is 10.9. The normalized spacial score (nSPS) is 14.9. The van der Waals surface area contributed by atoms with E-state index in [9.17, 15) is 0 Å². The van der Waals surface area contributed by atoms with E-state index >= 15 is 0 Å². The Labute approximate surface area is 219 Å². The van der Waals surface area contributed by atoms with Gasteiger partial charge < -0.3 is 0 Å². The van der Waals surface area contributed by atoms with Crippen LogP contribution in [-0.4, -0.2) is 0 Å². The molecule has 1 unspecified atom stereocenters. The van der Waals surface area contributed by atoms with Gasteiger partial charge in [0.1, 0.15) is 0 Å². The second-order valence-electron chi connectivity index (χ2n) is 16.0. The molecule has 0 saturated carbocycles. The predicted octanol–water partition coefficient (Wildman–Crippen LogP) is 10.7. The van der Waals surface area contributed by atoms with Crippen molar-refractivity contribution in [2.45, 2.75) is 150 Å². The molecule has 196 valence electrons. The Bertz CT molecular complexity index is 993. The highest BCUT2D eigenvalue weighted by Crippen LogP contribution is 2.45. The maximum Gasteiger partial charge on any atom is 0.00899 e. The van der Waals surface area contributed by atoms with Crippen molar-refractivity contribution in [3.05, 3.63) is 69.3 Å². The fourth-order valence-corrected chi connectivity index (χ4v) is 5.49. The molecule has 2 rings (SSSR count). The predicted molar refractivity (Wildman–Crippen MR) is 159 cm³/mol. The highest BCUT2D eigenvalue weighted by atomic mass is 14.4. The summed E-state index contributed by atoms with van der Waals surface area (Å²) in [5, 5.41) is 0. The van der Waals surface area contributed by atoms with Crippen molar-refractivity contribution < 1.29 is 0 Å². The third kappa shape index (κ3) is 6.61. The Hall–Kier alpha value is -1.56. The first-order valence-corrected chi connectivity index (χ1v) is 13.8. The Balaban J connectivity index is 3.02. The van der Waals surface area contributed by atoms with E-state index in [4.69, 9.17) is 0 Å². The van der Waals surface area contributed by atoms with Gasteiger partial charge >= 0.3 is 0 Å². The first-order valence-electron chi connectivity index (χ1n) is 13.8. The summed E-state index contributed by atoms with van der Waals surface area (Å²) in [6.45, 7) is 37.9. The minimum atomic E-state index is 0.0804. The van der Waals surface area contributed by atoms with Crippen LogP contribution in [0.5, 0.6) is 0 Å². The van der Waals surface area contributed by atoms with Crippen LogP contribution >= 0.6 is 0 Å². The van der Waals surface area contributed by atoms with Gasteiger partial charge in [0.2, 0.25) is 0 Å². The molecule has 0 aromatic heterocycles. The zero-order valence-corrected chi connectivity index (χ0v) is 26.2. The van der Waals surface area contributed by atoms with E-state index in [1.54, 1.807) is 0 Å². The zero-order valence-electron chi connectivity index (χ0n) is 26.2. The van der Waals surface area contributed by atoms with Crippen molar-refractivity contribution in [2.24, 2.45) is 0 Å². The molecule has 0 aliphatic heterocycles. The van der Waals surface area contributed by atoms with Gasteiger partial charge in [-0.15, -0.1) is 0 Å². The van der Waals surface area contributed by atoms with Crippen molar-refractivity contribution in [2.75, 3.05) is 0 Å². The van der Waals surface area contributed by atoms with E-state index < -0.39 is 0 Å². The van der Waals surface area contributed by atoms with Crippen molar-refractivity contribution in [1.29, 1.82) is 0 Å². The molecule has 2 aromatic rings. The third-order valence-corrected chi connectivity index (χ3v) is 7.44. The second-order valence-corrected chi connectivity index (χ2v) is 16.0. The van der Waals surface area contributed by atoms with Gasteiger partial charge in [0.25, 0.3) is 0 Å². The zero-order chi connectivity index (χ0) is 27.4. The van der Waals surface area contributed by atoms with Gasteiger partial charge in [0, 0.05) is 5.92 Å². The van der Waals surface area contributed by atoms with Gasteiger partial charge in [-0.05, 0) is 72.4 Å². The van der Waals surface area contributed by atoms with Gasteiger partial charge in [-0.3, -0.25) is 0 Å². The standard InChI is InChI=1S/C35H56/c1-17-25(26-22-24(31(2,3)4)18-19-27(26)32(5,6)7)23-20-28(33(8,9)10)30(35(14,15)16)29(21-23)34(11,12)13/h18-22,25H,17H2,1-16H3. The van der Waals surface area contributed by atoms with Crippen molar-refractivity contribution in [3.8, 4) is 0 Å². The average Bonchev–Trinajstić information content (AvgIpc) is 2.64. The summed E-state index contributed by atoms with van der Waals surface area (Å²) in [5.74, 6) is 0.378. The molecular weight excluding hydrogens is 420 g/mol. The molecule has 0 heteroatoms. The van der Waals surface area contributed by atoms with Crippen LogP contribution in [0.25, 0.3) is 0 Å². The van der Waals surface area contributed by atoms with E-state index in [-0.39, 0.29) is 27.1 Å². The minimum Gasteiger partial charge on any atom is -0.0645 e. The molecule has 0 saturated heterocycles. The lowest BCUT2D eigenvalue weighted by Crippen LogP contribution is -2.29. The van der Waals surface area contributed by atoms with Crippen LogP contribution in [0.4, 0.5) is 0 Å². The molecule has 2 aromatic carbocycles. The maximum absolute atomic E-state index is 2.57.